The van der Waals surface area contributed by atoms with Crippen LogP contribution in [0.1, 0.15) is 6.92 Å². The Balaban J connectivity index is 1.56. The van der Waals surface area contributed by atoms with E-state index in [-0.39, 0.29) is 42.6 Å². The Labute approximate surface area is 159 Å². The zero-order valence-electron chi connectivity index (χ0n) is 14.9. The number of benzene rings is 1. The molecule has 3 aromatic rings. The molecule has 3 N–H and O–H groups in total. The number of rotatable bonds is 4. The highest BCUT2D eigenvalue weighted by Crippen LogP contribution is 2.33. The summed E-state index contributed by atoms with van der Waals surface area (Å²) < 4.78 is 39.9. The molecule has 0 amide bonds. The van der Waals surface area contributed by atoms with E-state index >= 15 is 0 Å². The minimum absolute atomic E-state index is 0.0450. The van der Waals surface area contributed by atoms with Gasteiger partial charge in [-0.3, -0.25) is 0 Å². The third kappa shape index (κ3) is 3.48. The standard InChI is InChI=1S/C19H18F2N4O3/c1-10-11(8-26)9-27-19(24-10)25-12-6-14(20)17(15(21)7-12)28-16-3-5-23-18-13(16)2-4-22-18/h2-7,10-11,26H,8-9H2,1H3,(H,22,23)(H,24,25). The van der Waals surface area contributed by atoms with Gasteiger partial charge >= 0.3 is 0 Å². The van der Waals surface area contributed by atoms with Crippen LogP contribution in [0.3, 0.4) is 0 Å². The molecule has 0 spiro atoms. The molecular weight excluding hydrogens is 370 g/mol. The van der Waals surface area contributed by atoms with Crippen LogP contribution < -0.4 is 10.1 Å². The lowest BCUT2D eigenvalue weighted by atomic mass is 10.0. The molecule has 0 fully saturated rings. The van der Waals surface area contributed by atoms with Gasteiger partial charge in [0.1, 0.15) is 11.4 Å². The van der Waals surface area contributed by atoms with Gasteiger partial charge in [0, 0.05) is 36.1 Å². The summed E-state index contributed by atoms with van der Waals surface area (Å²) in [5.41, 5.74) is 0.691. The molecular formula is C19H18F2N4O3. The summed E-state index contributed by atoms with van der Waals surface area (Å²) in [7, 11) is 0. The van der Waals surface area contributed by atoms with Crippen molar-refractivity contribution in [3.8, 4) is 11.5 Å². The molecule has 28 heavy (non-hydrogen) atoms. The van der Waals surface area contributed by atoms with Crippen molar-refractivity contribution in [1.82, 2.24) is 9.97 Å². The Bertz CT molecular complexity index is 1010. The lowest BCUT2D eigenvalue weighted by Gasteiger charge is -2.26. The molecule has 9 heteroatoms. The number of halogens is 2. The van der Waals surface area contributed by atoms with Crippen molar-refractivity contribution in [2.75, 3.05) is 18.5 Å². The fourth-order valence-corrected chi connectivity index (χ4v) is 2.91. The Morgan fingerprint density at radius 2 is 2.11 bits per heavy atom. The Hall–Kier alpha value is -3.20. The summed E-state index contributed by atoms with van der Waals surface area (Å²) in [5.74, 6) is -2.09. The predicted molar refractivity (Wildman–Crippen MR) is 99.6 cm³/mol. The highest BCUT2D eigenvalue weighted by molar-refractivity contribution is 5.89. The number of aliphatic hydroxyl groups is 1. The van der Waals surface area contributed by atoms with Gasteiger partial charge in [0.25, 0.3) is 6.02 Å². The van der Waals surface area contributed by atoms with Crippen molar-refractivity contribution in [2.45, 2.75) is 13.0 Å². The zero-order chi connectivity index (χ0) is 19.7. The van der Waals surface area contributed by atoms with Gasteiger partial charge in [-0.25, -0.2) is 18.8 Å². The predicted octanol–water partition coefficient (Wildman–Crippen LogP) is 3.43. The fraction of sp³-hybridized carbons (Fsp3) is 0.263. The quantitative estimate of drug-likeness (QED) is 0.637. The molecule has 1 aliphatic rings. The first kappa shape index (κ1) is 18.2. The van der Waals surface area contributed by atoms with Crippen LogP contribution in [0, 0.1) is 17.6 Å². The number of nitrogens with zero attached hydrogens (tertiary/aromatic N) is 2. The first-order valence-corrected chi connectivity index (χ1v) is 8.72. The minimum Gasteiger partial charge on any atom is -0.465 e. The van der Waals surface area contributed by atoms with Crippen molar-refractivity contribution in [2.24, 2.45) is 10.9 Å². The van der Waals surface area contributed by atoms with Crippen molar-refractivity contribution in [3.63, 3.8) is 0 Å². The van der Waals surface area contributed by atoms with Crippen LogP contribution >= 0.6 is 0 Å². The van der Waals surface area contributed by atoms with Gasteiger partial charge in [-0.15, -0.1) is 0 Å². The number of aromatic amines is 1. The van der Waals surface area contributed by atoms with Gasteiger partial charge in [-0.05, 0) is 19.1 Å². The van der Waals surface area contributed by atoms with Gasteiger partial charge in [0.05, 0.1) is 24.6 Å². The molecule has 146 valence electrons. The summed E-state index contributed by atoms with van der Waals surface area (Å²) in [6, 6.07) is 5.42. The molecule has 2 unspecified atom stereocenters. The molecule has 3 heterocycles. The van der Waals surface area contributed by atoms with Crippen LogP contribution in [0.2, 0.25) is 0 Å². The molecule has 7 nitrogen and oxygen atoms in total. The van der Waals surface area contributed by atoms with E-state index in [1.165, 1.54) is 12.3 Å². The molecule has 0 aliphatic carbocycles. The van der Waals surface area contributed by atoms with Gasteiger partial charge in [0.2, 0.25) is 0 Å². The van der Waals surface area contributed by atoms with Crippen LogP contribution in [-0.4, -0.2) is 40.4 Å². The highest BCUT2D eigenvalue weighted by Gasteiger charge is 2.24. The first-order valence-electron chi connectivity index (χ1n) is 8.72. The van der Waals surface area contributed by atoms with E-state index < -0.39 is 17.4 Å². The highest BCUT2D eigenvalue weighted by atomic mass is 19.1. The van der Waals surface area contributed by atoms with Crippen LogP contribution in [0.15, 0.2) is 41.7 Å². The number of hydrogen-bond acceptors (Lipinski definition) is 6. The fourth-order valence-electron chi connectivity index (χ4n) is 2.91. The van der Waals surface area contributed by atoms with Gasteiger partial charge in [-0.1, -0.05) is 0 Å². The Kier molecular flexibility index (Phi) is 4.82. The van der Waals surface area contributed by atoms with Crippen LogP contribution in [-0.2, 0) is 4.74 Å². The van der Waals surface area contributed by atoms with E-state index in [2.05, 4.69) is 20.3 Å². The SMILES string of the molecule is CC1N=C(Nc2cc(F)c(Oc3ccnc4[nH]ccc34)c(F)c2)OCC1CO. The summed E-state index contributed by atoms with van der Waals surface area (Å²) in [5, 5.41) is 12.6. The van der Waals surface area contributed by atoms with Crippen molar-refractivity contribution < 1.29 is 23.4 Å². The maximum atomic E-state index is 14.5. The molecule has 0 saturated carbocycles. The molecule has 2 aromatic heterocycles. The number of H-pyrrole nitrogens is 1. The summed E-state index contributed by atoms with van der Waals surface area (Å²) >= 11 is 0. The van der Waals surface area contributed by atoms with Crippen LogP contribution in [0.4, 0.5) is 14.5 Å². The molecule has 0 saturated heterocycles. The third-order valence-corrected chi connectivity index (χ3v) is 4.55. The Morgan fingerprint density at radius 1 is 1.32 bits per heavy atom. The van der Waals surface area contributed by atoms with E-state index in [0.717, 1.165) is 12.1 Å². The second-order valence-corrected chi connectivity index (χ2v) is 6.47. The summed E-state index contributed by atoms with van der Waals surface area (Å²) in [4.78, 5) is 11.3. The molecule has 1 aromatic carbocycles. The third-order valence-electron chi connectivity index (χ3n) is 4.55. The number of nitrogens with one attached hydrogen (secondary N) is 2. The topological polar surface area (TPSA) is 91.8 Å². The van der Waals surface area contributed by atoms with E-state index in [4.69, 9.17) is 9.47 Å². The number of fused-ring (bicyclic) bond motifs is 1. The van der Waals surface area contributed by atoms with Crippen molar-refractivity contribution >= 4 is 22.7 Å². The number of aromatic nitrogens is 2. The van der Waals surface area contributed by atoms with E-state index in [9.17, 15) is 13.9 Å². The van der Waals surface area contributed by atoms with Crippen molar-refractivity contribution in [3.05, 3.63) is 48.3 Å². The number of pyridine rings is 1. The monoisotopic (exact) mass is 388 g/mol. The largest absolute Gasteiger partial charge is 0.465 e. The number of aliphatic imine (C=N–C) groups is 1. The molecule has 2 atom stereocenters. The van der Waals surface area contributed by atoms with E-state index in [0.29, 0.717) is 11.0 Å². The van der Waals surface area contributed by atoms with Crippen LogP contribution in [0.25, 0.3) is 11.0 Å². The number of amidine groups is 1. The maximum absolute atomic E-state index is 14.5. The average molecular weight is 388 g/mol. The lowest BCUT2D eigenvalue weighted by molar-refractivity contribution is 0.125. The normalized spacial score (nSPS) is 19.2. The van der Waals surface area contributed by atoms with E-state index in [1.807, 2.05) is 6.92 Å². The molecule has 0 radical (unpaired) electrons. The smallest absolute Gasteiger partial charge is 0.289 e. The lowest BCUT2D eigenvalue weighted by Crippen LogP contribution is -2.35. The molecule has 0 bridgehead atoms. The van der Waals surface area contributed by atoms with Crippen molar-refractivity contribution in [1.29, 1.82) is 0 Å². The first-order chi connectivity index (χ1) is 13.5. The molecule has 1 aliphatic heterocycles. The number of aliphatic hydroxyl groups excluding tert-OH is 1. The number of hydrogen-bond donors (Lipinski definition) is 3. The summed E-state index contributed by atoms with van der Waals surface area (Å²) in [6.45, 7) is 2.06. The van der Waals surface area contributed by atoms with Crippen LogP contribution in [0.5, 0.6) is 11.5 Å². The number of anilines is 1. The second kappa shape index (κ2) is 7.43. The Morgan fingerprint density at radius 3 is 2.82 bits per heavy atom. The summed E-state index contributed by atoms with van der Waals surface area (Å²) in [6.07, 6.45) is 3.15. The second-order valence-electron chi connectivity index (χ2n) is 6.47. The number of ether oxygens (including phenoxy) is 2. The minimum atomic E-state index is -0.874. The van der Waals surface area contributed by atoms with E-state index in [1.54, 1.807) is 12.3 Å². The van der Waals surface area contributed by atoms with Gasteiger partial charge < -0.3 is 24.9 Å². The maximum Gasteiger partial charge on any atom is 0.289 e. The van der Waals surface area contributed by atoms with Gasteiger partial charge in [-0.2, -0.15) is 0 Å². The zero-order valence-corrected chi connectivity index (χ0v) is 14.9. The molecule has 4 rings (SSSR count). The average Bonchev–Trinajstić information content (AvgIpc) is 3.14. The van der Waals surface area contributed by atoms with Gasteiger partial charge in [0.15, 0.2) is 17.4 Å².